The van der Waals surface area contributed by atoms with Crippen LogP contribution in [0.15, 0.2) is 139 Å². The topological polar surface area (TPSA) is 545 Å². The number of aliphatic hydroxyl groups excluding tert-OH is 5. The Morgan fingerprint density at radius 1 is 0.703 bits per heavy atom. The van der Waals surface area contributed by atoms with Crippen molar-refractivity contribution in [3.63, 3.8) is 0 Å². The molecule has 6 aliphatic rings. The van der Waals surface area contributed by atoms with Crippen LogP contribution in [0.4, 0.5) is 0 Å². The van der Waals surface area contributed by atoms with Crippen molar-refractivity contribution in [3.05, 3.63) is 187 Å². The molecule has 18 atom stereocenters. The number of nitrogens with zero attached hydrogens (tertiary/aromatic N) is 3. The summed E-state index contributed by atoms with van der Waals surface area (Å²) < 4.78 is 39.1. The zero-order valence-corrected chi connectivity index (χ0v) is 66.2. The fraction of sp³-hybridized carbons (Fsp3) is 0.375. The van der Waals surface area contributed by atoms with Crippen molar-refractivity contribution in [2.24, 2.45) is 16.8 Å². The minimum Gasteiger partial charge on any atom is -0.508 e. The van der Waals surface area contributed by atoms with Crippen molar-refractivity contribution in [1.82, 2.24) is 42.5 Å². The highest BCUT2D eigenvalue weighted by Gasteiger charge is 2.52. The van der Waals surface area contributed by atoms with E-state index >= 15 is 4.79 Å². The number of carbonyl (C=O) groups excluding carboxylic acids is 7. The van der Waals surface area contributed by atoms with E-state index in [1.807, 2.05) is 50.2 Å². The lowest BCUT2D eigenvalue weighted by atomic mass is 9.84. The van der Waals surface area contributed by atoms with Gasteiger partial charge < -0.3 is 123 Å². The van der Waals surface area contributed by atoms with E-state index < -0.39 is 209 Å². The number of hydrogen-bond acceptors (Lipinski definition) is 25. The highest BCUT2D eigenvalue weighted by Crippen LogP contribution is 2.48. The molecule has 2 fully saturated rings. The first-order valence-electron chi connectivity index (χ1n) is 37.1. The third-order valence-electron chi connectivity index (χ3n) is 20.5. The standard InChI is InChI=1S/C80H87Cl3N12O23/c1-34(2)24-49(86-6)73(106)93-63-65(100)41-17-22-53(47(82)26-41)114-55-8-7-9-56(69(55)118-79-70(68(103)67(102)57(116-79)33-88-95-85)117-59-31-80(5,71(104)36(4)113-59)87-32-37-10-12-38(13-11-37)39-14-19-43(81)20-15-39)115-54-23-18-42(27-48(54)83)66(101)64-77(110)92-62(78(111)112)46-28-44(96)29-52(98)60(46)45-25-40(16-21-51(45)97)61(75(108)94-64)91-72(105)35(3)89-74(107)50(30-58(84)99)90-76(63)109/h7-23,25-29,34-36,49-50,57,59,61-68,70-71,79,86-87,96-98,100-104H,24,30-33H2,1-6H3,(H2,84,99)(H,89,107)(H,90,109)(H,91,105)(H,92,110)(H,93,106)(H,94,108)(H,111,112)/t35-,36?,49-,50+,57?,59?,61?,62+,63-,64-,65-,66-,67?,68?,70?,71?,79?,80?/m1/s1. The van der Waals surface area contributed by atoms with Crippen molar-refractivity contribution in [1.29, 1.82) is 0 Å². The second-order valence-corrected chi connectivity index (χ2v) is 30.7. The van der Waals surface area contributed by atoms with Gasteiger partial charge in [-0.3, -0.25) is 33.6 Å². The summed E-state index contributed by atoms with van der Waals surface area (Å²) in [5.74, 6) is -14.5. The summed E-state index contributed by atoms with van der Waals surface area (Å²) in [7, 11) is 1.47. The number of azide groups is 1. The monoisotopic (exact) mass is 1690 g/mol. The lowest BCUT2D eigenvalue weighted by Gasteiger charge is -2.48. The van der Waals surface area contributed by atoms with Gasteiger partial charge in [0.2, 0.25) is 53.4 Å². The zero-order chi connectivity index (χ0) is 85.5. The van der Waals surface area contributed by atoms with Crippen LogP contribution in [0.2, 0.25) is 15.1 Å². The van der Waals surface area contributed by atoms with E-state index in [0.29, 0.717) is 5.02 Å². The Balaban J connectivity index is 1.02. The van der Waals surface area contributed by atoms with Crippen LogP contribution < -0.4 is 62.5 Å². The largest absolute Gasteiger partial charge is 0.508 e. The number of nitrogens with two attached hydrogens (primary N) is 1. The Kier molecular flexibility index (Phi) is 28.0. The summed E-state index contributed by atoms with van der Waals surface area (Å²) in [6.45, 7) is 7.69. The number of aromatic hydroxyl groups is 3. The van der Waals surface area contributed by atoms with Crippen LogP contribution in [-0.4, -0.2) is 192 Å². The van der Waals surface area contributed by atoms with E-state index in [1.165, 1.54) is 43.4 Å². The molecule has 13 rings (SSSR count). The van der Waals surface area contributed by atoms with Crippen molar-refractivity contribution < 1.29 is 113 Å². The normalized spacial score (nSPS) is 26.6. The SMILES string of the molecule is CN[C@H](CC(C)C)C(=O)N[C@H]1C(=O)N[C@@H](CC(N)=O)C(=O)N[C@H](C)C(=O)NC2C(=O)N[C@@H](C(=O)N[C@H](C(=O)O)c3cc(O)cc(O)c3-c3cc2ccc3O)[C@H](O)c2ccc(c(Cl)c2)Oc2cccc(c2OC2OC(CN=[N+]=[N-])C(O)C(O)C2OC2CC(C)(NCc3ccc(-c4ccc(Cl)cc4)cc3)C(O)C(C)O2)Oc2ccc(cc2Cl)[C@H]1O. The third kappa shape index (κ3) is 20.2. The number of phenolic OH excluding ortho intramolecular Hbond substituents is 3. The van der Waals surface area contributed by atoms with Crippen LogP contribution in [0, 0.1) is 5.92 Å². The first-order chi connectivity index (χ1) is 56.0. The molecule has 7 amide bonds. The van der Waals surface area contributed by atoms with Gasteiger partial charge in [0.15, 0.2) is 29.9 Å². The van der Waals surface area contributed by atoms with Crippen molar-refractivity contribution >= 4 is 82.1 Å². The molecule has 0 aromatic heterocycles. The number of likely N-dealkylation sites (N-methyl/N-ethyl adjacent to an activating group) is 1. The van der Waals surface area contributed by atoms with Gasteiger partial charge in [-0.05, 0) is 146 Å². The summed E-state index contributed by atoms with van der Waals surface area (Å²) >= 11 is 20.3. The number of aliphatic hydroxyl groups is 5. The van der Waals surface area contributed by atoms with Crippen LogP contribution >= 0.6 is 34.8 Å². The van der Waals surface area contributed by atoms with E-state index in [2.05, 4.69) is 52.6 Å². The first-order valence-corrected chi connectivity index (χ1v) is 38.3. The maximum Gasteiger partial charge on any atom is 0.330 e. The number of amides is 7. The molecule has 6 heterocycles. The number of carboxylic acids is 1. The average Bonchev–Trinajstić information content (AvgIpc) is 0.762. The van der Waals surface area contributed by atoms with E-state index in [4.69, 9.17) is 69.0 Å². The number of ether oxygens (including phenoxy) is 6. The van der Waals surface area contributed by atoms with Crippen LogP contribution in [0.5, 0.6) is 46.0 Å². The molecule has 0 saturated carbocycles. The third-order valence-corrected chi connectivity index (χ3v) is 21.3. The highest BCUT2D eigenvalue weighted by atomic mass is 35.5. The Hall–Kier alpha value is -11.1. The minimum absolute atomic E-state index is 0.116. The van der Waals surface area contributed by atoms with E-state index in [1.54, 1.807) is 26.0 Å². The number of rotatable bonds is 18. The molecule has 10 unspecified atom stereocenters. The van der Waals surface area contributed by atoms with Crippen molar-refractivity contribution in [2.75, 3.05) is 13.6 Å². The molecule has 0 radical (unpaired) electrons. The molecule has 7 aromatic rings. The molecule has 7 aromatic carbocycles. The molecule has 6 aliphatic heterocycles. The lowest BCUT2D eigenvalue weighted by molar-refractivity contribution is -0.331. The smallest absolute Gasteiger partial charge is 0.330 e. The molecule has 38 heteroatoms. The quantitative estimate of drug-likeness (QED) is 0.0270. The molecule has 626 valence electrons. The Morgan fingerprint density at radius 3 is 1.93 bits per heavy atom. The van der Waals surface area contributed by atoms with E-state index in [-0.39, 0.29) is 75.0 Å². The van der Waals surface area contributed by atoms with Gasteiger partial charge in [0.05, 0.1) is 47.4 Å². The number of hydrogen-bond donors (Lipinski definition) is 18. The number of carbonyl (C=O) groups is 8. The number of carboxylic acid groups (broad SMARTS) is 1. The van der Waals surface area contributed by atoms with E-state index in [0.717, 1.165) is 72.1 Å². The van der Waals surface area contributed by atoms with Gasteiger partial charge in [0.1, 0.15) is 83.4 Å². The van der Waals surface area contributed by atoms with Crippen LogP contribution in [0.1, 0.15) is 106 Å². The van der Waals surface area contributed by atoms with E-state index in [9.17, 15) is 85.1 Å². The summed E-state index contributed by atoms with van der Waals surface area (Å²) in [4.78, 5) is 117. The summed E-state index contributed by atoms with van der Waals surface area (Å²) in [6, 6.07) is 17.3. The Labute approximate surface area is 689 Å². The Bertz CT molecular complexity index is 4990. The predicted molar refractivity (Wildman–Crippen MR) is 422 cm³/mol. The Morgan fingerprint density at radius 2 is 1.33 bits per heavy atom. The number of para-hydroxylation sites is 1. The van der Waals surface area contributed by atoms with Gasteiger partial charge in [-0.2, -0.15) is 0 Å². The van der Waals surface area contributed by atoms with Gasteiger partial charge in [0, 0.05) is 51.2 Å². The lowest BCUT2D eigenvalue weighted by Crippen LogP contribution is -2.65. The maximum absolute atomic E-state index is 15.2. The molecular weight excluding hydrogens is 1600 g/mol. The maximum atomic E-state index is 15.2. The fourth-order valence-corrected chi connectivity index (χ4v) is 14.7. The summed E-state index contributed by atoms with van der Waals surface area (Å²) in [6.07, 6.45) is -17.9. The number of fused-ring (bicyclic) bond motifs is 6. The van der Waals surface area contributed by atoms with Crippen molar-refractivity contribution in [3.8, 4) is 68.2 Å². The second kappa shape index (κ2) is 37.7. The fourth-order valence-electron chi connectivity index (χ4n) is 14.1. The molecule has 10 bridgehead atoms. The molecule has 19 N–H and O–H groups in total. The number of benzene rings is 7. The number of halogens is 3. The molecule has 2 saturated heterocycles. The second-order valence-electron chi connectivity index (χ2n) is 29.4. The number of nitrogens with one attached hydrogen (secondary N) is 8. The molecule has 35 nitrogen and oxygen atoms in total. The molecule has 0 spiro atoms. The number of phenols is 3. The highest BCUT2D eigenvalue weighted by molar-refractivity contribution is 6.32. The van der Waals surface area contributed by atoms with Crippen LogP contribution in [-0.2, 0) is 59.1 Å². The zero-order valence-electron chi connectivity index (χ0n) is 63.9. The van der Waals surface area contributed by atoms with Gasteiger partial charge in [-0.15, -0.1) is 0 Å². The van der Waals surface area contributed by atoms with Gasteiger partial charge in [0.25, 0.3) is 0 Å². The number of primary amides is 1. The van der Waals surface area contributed by atoms with Crippen LogP contribution in [0.25, 0.3) is 32.7 Å². The first kappa shape index (κ1) is 87.7. The number of aliphatic carboxylic acids is 1. The van der Waals surface area contributed by atoms with Gasteiger partial charge >= 0.3 is 5.97 Å². The molecule has 0 aliphatic carbocycles. The van der Waals surface area contributed by atoms with Gasteiger partial charge in [-0.25, -0.2) is 4.79 Å². The average molecular weight is 1690 g/mol. The van der Waals surface area contributed by atoms with Gasteiger partial charge in [-0.1, -0.05) is 114 Å². The molecule has 118 heavy (non-hydrogen) atoms. The minimum atomic E-state index is -2.32. The predicted octanol–water partition coefficient (Wildman–Crippen LogP) is 5.91. The molecular formula is C80H87Cl3N12O23. The van der Waals surface area contributed by atoms with Crippen LogP contribution in [0.3, 0.4) is 0 Å². The summed E-state index contributed by atoms with van der Waals surface area (Å²) in [5, 5.41) is 129. The van der Waals surface area contributed by atoms with Crippen molar-refractivity contribution in [2.45, 2.75) is 170 Å². The summed E-state index contributed by atoms with van der Waals surface area (Å²) in [5.41, 5.74) is 14.4.